The SMILES string of the molecule is C.C1=CN=CC1.COc1ccc(CN(Cc2ccc(OC)cc2)S(=O)(=O)c2ccc(Br)cc2)cc1.CS(=O)(=O)c1ccc(-n2ccnc2)cc1.NS(=O)(=O)c1ccc(-n2ccnc2)cc1.c1cnc2c(c1)ccc1cccnc12. The number of sulfone groups is 1. The first-order chi connectivity index (χ1) is 37.5. The van der Waals surface area contributed by atoms with Crippen molar-refractivity contribution < 1.29 is 34.7 Å². The molecule has 408 valence electrons. The van der Waals surface area contributed by atoms with E-state index in [4.69, 9.17) is 14.6 Å². The summed E-state index contributed by atoms with van der Waals surface area (Å²) in [4.78, 5) is 21.0. The second-order valence-electron chi connectivity index (χ2n) is 16.8. The van der Waals surface area contributed by atoms with Gasteiger partial charge >= 0.3 is 0 Å². The summed E-state index contributed by atoms with van der Waals surface area (Å²) < 4.78 is 87.4. The first-order valence-electron chi connectivity index (χ1n) is 23.7. The highest BCUT2D eigenvalue weighted by molar-refractivity contribution is 9.10. The van der Waals surface area contributed by atoms with E-state index in [-0.39, 0.29) is 30.3 Å². The zero-order chi connectivity index (χ0) is 55.5. The van der Waals surface area contributed by atoms with Gasteiger partial charge < -0.3 is 18.6 Å². The van der Waals surface area contributed by atoms with E-state index in [2.05, 4.69) is 65.1 Å². The third-order valence-corrected chi connectivity index (χ3v) is 15.8. The standard InChI is InChI=1S/C22H22BrNO4S.C12H8N2.C10H10N2O2S.C9H9N3O2S.C4H5N.CH4/c1-27-20-9-3-17(4-10-20)15-24(16-18-5-11-21(28-2)12-6-18)29(25,26)22-13-7-19(23)8-14-22;1-3-9-5-6-10-4-2-8-14-12(10)11(9)13-7-1;1-15(13,14)10-4-2-9(3-5-10)12-7-6-11-8-12;10-15(13,14)9-3-1-8(2-4-9)12-6-5-11-7-12;1-2-4-5-3-1;/h3-14H,15-16H2,1-2H3;1-8H;2-8H,1H3;1-7H,(H2,10,13,14);1,3-4H,2H2;1H4. The number of hydrogen-bond donors (Lipinski definition) is 1. The van der Waals surface area contributed by atoms with Crippen molar-refractivity contribution in [1.29, 1.82) is 0 Å². The minimum absolute atomic E-state index is 0. The molecule has 0 aliphatic carbocycles. The van der Waals surface area contributed by atoms with E-state index in [1.165, 1.54) is 22.7 Å². The number of primary sulfonamides is 1. The Hall–Kier alpha value is -8.18. The van der Waals surface area contributed by atoms with Crippen LogP contribution in [0.15, 0.2) is 244 Å². The number of aliphatic imine (C=N–C) groups is 1. The van der Waals surface area contributed by atoms with Gasteiger partial charge in [0.05, 0.1) is 52.6 Å². The van der Waals surface area contributed by atoms with Gasteiger partial charge in [0, 0.05) is 102 Å². The molecule has 2 N–H and O–H groups in total. The molecule has 5 heterocycles. The maximum absolute atomic E-state index is 13.4. The van der Waals surface area contributed by atoms with Crippen LogP contribution in [-0.2, 0) is 43.0 Å². The Morgan fingerprint density at radius 2 is 1.01 bits per heavy atom. The highest BCUT2D eigenvalue weighted by Crippen LogP contribution is 2.25. The van der Waals surface area contributed by atoms with Crippen molar-refractivity contribution in [2.45, 2.75) is 41.6 Å². The first kappa shape index (κ1) is 60.1. The van der Waals surface area contributed by atoms with E-state index in [0.29, 0.717) is 4.90 Å². The maximum atomic E-state index is 13.4. The molecule has 0 saturated carbocycles. The lowest BCUT2D eigenvalue weighted by atomic mass is 10.1. The fourth-order valence-corrected chi connectivity index (χ4v) is 10.2. The molecule has 0 amide bonds. The topological polar surface area (TPSA) is 224 Å². The highest BCUT2D eigenvalue weighted by atomic mass is 79.9. The number of ether oxygens (including phenoxy) is 2. The van der Waals surface area contributed by atoms with Crippen molar-refractivity contribution in [3.63, 3.8) is 0 Å². The highest BCUT2D eigenvalue weighted by Gasteiger charge is 2.25. The number of sulfonamides is 2. The summed E-state index contributed by atoms with van der Waals surface area (Å²) >= 11 is 3.35. The van der Waals surface area contributed by atoms with Crippen molar-refractivity contribution >= 4 is 73.8 Å². The number of nitrogens with zero attached hydrogens (tertiary/aromatic N) is 8. The maximum Gasteiger partial charge on any atom is 0.243 e. The Kier molecular flexibility index (Phi) is 21.6. The third kappa shape index (κ3) is 17.4. The smallest absolute Gasteiger partial charge is 0.243 e. The van der Waals surface area contributed by atoms with Gasteiger partial charge in [0.15, 0.2) is 9.84 Å². The number of rotatable bonds is 12. The lowest BCUT2D eigenvalue weighted by molar-refractivity contribution is 0.397. The monoisotopic (exact) mass is 1180 g/mol. The van der Waals surface area contributed by atoms with Gasteiger partial charge in [0.1, 0.15) is 11.5 Å². The number of imidazole rings is 2. The van der Waals surface area contributed by atoms with Crippen molar-refractivity contribution in [2.24, 2.45) is 10.1 Å². The Balaban J connectivity index is 0.000000172. The summed E-state index contributed by atoms with van der Waals surface area (Å²) in [5.41, 5.74) is 5.43. The van der Waals surface area contributed by atoms with E-state index in [9.17, 15) is 25.3 Å². The first-order valence-corrected chi connectivity index (χ1v) is 29.4. The molecule has 79 heavy (non-hydrogen) atoms. The normalized spacial score (nSPS) is 11.6. The van der Waals surface area contributed by atoms with Crippen molar-refractivity contribution in [3.8, 4) is 22.9 Å². The summed E-state index contributed by atoms with van der Waals surface area (Å²) in [6.07, 6.45) is 21.7. The van der Waals surface area contributed by atoms with E-state index in [1.54, 1.807) is 135 Å². The van der Waals surface area contributed by atoms with Gasteiger partial charge in [-0.2, -0.15) is 4.31 Å². The molecule has 6 aromatic carbocycles. The molecule has 0 bridgehead atoms. The van der Waals surface area contributed by atoms with E-state index in [0.717, 1.165) is 66.7 Å². The number of pyridine rings is 2. The number of hydrogen-bond acceptors (Lipinski definition) is 13. The molecule has 21 heteroatoms. The van der Waals surface area contributed by atoms with Crippen LogP contribution in [-0.4, -0.2) is 85.3 Å². The second kappa shape index (κ2) is 28.4. The van der Waals surface area contributed by atoms with Crippen LogP contribution in [0.5, 0.6) is 11.5 Å². The van der Waals surface area contributed by atoms with Crippen molar-refractivity contribution in [2.75, 3.05) is 20.5 Å². The summed E-state index contributed by atoms with van der Waals surface area (Å²) in [5, 5.41) is 7.25. The Morgan fingerprint density at radius 3 is 1.37 bits per heavy atom. The number of fused-ring (bicyclic) bond motifs is 3. The number of nitrogens with two attached hydrogens (primary N) is 1. The Bertz CT molecular complexity index is 3690. The van der Waals surface area contributed by atoms with Gasteiger partial charge in [-0.1, -0.05) is 78.0 Å². The minimum atomic E-state index is -3.70. The van der Waals surface area contributed by atoms with Crippen molar-refractivity contribution in [1.82, 2.24) is 33.4 Å². The Labute approximate surface area is 469 Å². The molecule has 4 aromatic heterocycles. The number of allylic oxidation sites excluding steroid dienone is 1. The molecule has 0 fully saturated rings. The van der Waals surface area contributed by atoms with Crippen LogP contribution in [0.2, 0.25) is 0 Å². The van der Waals surface area contributed by atoms with Gasteiger partial charge in [-0.15, -0.1) is 0 Å². The number of halogens is 1. The molecule has 0 atom stereocenters. The van der Waals surface area contributed by atoms with Crippen LogP contribution in [0.1, 0.15) is 25.0 Å². The molecule has 0 spiro atoms. The van der Waals surface area contributed by atoms with Gasteiger partial charge in [-0.05, 0) is 120 Å². The van der Waals surface area contributed by atoms with Crippen LogP contribution >= 0.6 is 15.9 Å². The van der Waals surface area contributed by atoms with Gasteiger partial charge in [0.2, 0.25) is 20.0 Å². The molecule has 0 radical (unpaired) electrons. The lowest BCUT2D eigenvalue weighted by Gasteiger charge is -2.23. The molecule has 1 aliphatic heterocycles. The van der Waals surface area contributed by atoms with E-state index in [1.807, 2.05) is 77.5 Å². The lowest BCUT2D eigenvalue weighted by Crippen LogP contribution is -2.30. The average molecular weight is 1190 g/mol. The van der Waals surface area contributed by atoms with E-state index >= 15 is 0 Å². The van der Waals surface area contributed by atoms with Crippen LogP contribution in [0.3, 0.4) is 0 Å². The van der Waals surface area contributed by atoms with Crippen LogP contribution in [0, 0.1) is 0 Å². The van der Waals surface area contributed by atoms with Crippen molar-refractivity contribution in [3.05, 3.63) is 235 Å². The summed E-state index contributed by atoms with van der Waals surface area (Å²) in [6.45, 7) is 0.489. The Morgan fingerprint density at radius 1 is 0.570 bits per heavy atom. The minimum Gasteiger partial charge on any atom is -0.497 e. The molecule has 0 unspecified atom stereocenters. The number of aromatic nitrogens is 6. The number of benzene rings is 6. The number of methoxy groups -OCH3 is 2. The molecular formula is C58H58BrN9O8S3. The average Bonchev–Trinajstić information content (AvgIpc) is 4.35. The third-order valence-electron chi connectivity index (χ3n) is 11.4. The van der Waals surface area contributed by atoms with Gasteiger partial charge in [-0.25, -0.2) is 40.4 Å². The zero-order valence-electron chi connectivity index (χ0n) is 42.5. The van der Waals surface area contributed by atoms with E-state index < -0.39 is 29.9 Å². The van der Waals surface area contributed by atoms with Crippen LogP contribution in [0.4, 0.5) is 0 Å². The fourth-order valence-electron chi connectivity index (χ4n) is 7.33. The van der Waals surface area contributed by atoms with Gasteiger partial charge in [-0.3, -0.25) is 15.0 Å². The molecule has 1 aliphatic rings. The van der Waals surface area contributed by atoms with Crippen LogP contribution in [0.25, 0.3) is 33.2 Å². The largest absolute Gasteiger partial charge is 0.497 e. The zero-order valence-corrected chi connectivity index (χ0v) is 46.5. The van der Waals surface area contributed by atoms with Gasteiger partial charge in [0.25, 0.3) is 0 Å². The predicted octanol–water partition coefficient (Wildman–Crippen LogP) is 11.0. The molecular weight excluding hydrogens is 1130 g/mol. The summed E-state index contributed by atoms with van der Waals surface area (Å²) in [7, 11) is -7.22. The fraction of sp³-hybridized carbons (Fsp3) is 0.121. The second-order valence-corrected chi connectivity index (χ2v) is 23.3. The molecule has 10 aromatic rings. The summed E-state index contributed by atoms with van der Waals surface area (Å²) in [6, 6.07) is 46.5. The molecule has 11 rings (SSSR count). The molecule has 17 nitrogen and oxygen atoms in total. The van der Waals surface area contributed by atoms with Crippen LogP contribution < -0.4 is 14.6 Å². The predicted molar refractivity (Wildman–Crippen MR) is 314 cm³/mol. The quantitative estimate of drug-likeness (QED) is 0.113. The summed E-state index contributed by atoms with van der Waals surface area (Å²) in [5.74, 6) is 1.46. The molecule has 0 saturated heterocycles.